The predicted molar refractivity (Wildman–Crippen MR) is 75.5 cm³/mol. The van der Waals surface area contributed by atoms with Gasteiger partial charge in [-0.15, -0.1) is 0 Å². The summed E-state index contributed by atoms with van der Waals surface area (Å²) < 4.78 is 0. The summed E-state index contributed by atoms with van der Waals surface area (Å²) in [4.78, 5) is 20.7. The Bertz CT molecular complexity index is 765. The number of benzene rings is 1. The summed E-state index contributed by atoms with van der Waals surface area (Å²) in [7, 11) is 0. The van der Waals surface area contributed by atoms with Crippen molar-refractivity contribution in [3.05, 3.63) is 47.9 Å². The molecule has 0 fully saturated rings. The summed E-state index contributed by atoms with van der Waals surface area (Å²) in [5.41, 5.74) is 2.69. The van der Waals surface area contributed by atoms with Crippen molar-refractivity contribution in [3.63, 3.8) is 0 Å². The van der Waals surface area contributed by atoms with Gasteiger partial charge < -0.3 is 5.32 Å². The van der Waals surface area contributed by atoms with Crippen molar-refractivity contribution >= 4 is 22.8 Å². The number of carbonyl (C=O) groups excluding carboxylic acids is 1. The second kappa shape index (κ2) is 5.08. The van der Waals surface area contributed by atoms with Crippen molar-refractivity contribution in [1.29, 1.82) is 0 Å². The van der Waals surface area contributed by atoms with Crippen LogP contribution >= 0.6 is 0 Å². The lowest BCUT2D eigenvalue weighted by atomic mass is 10.2. The molecule has 0 radical (unpaired) electrons. The fraction of sp³-hybridized carbons (Fsp3) is 0.143. The van der Waals surface area contributed by atoms with Crippen molar-refractivity contribution in [3.8, 4) is 0 Å². The fourth-order valence-electron chi connectivity index (χ4n) is 1.93. The molecule has 0 aliphatic rings. The van der Waals surface area contributed by atoms with Crippen molar-refractivity contribution < 1.29 is 4.79 Å². The van der Waals surface area contributed by atoms with Gasteiger partial charge in [0.1, 0.15) is 11.5 Å². The number of amides is 1. The van der Waals surface area contributed by atoms with E-state index in [2.05, 4.69) is 25.5 Å². The van der Waals surface area contributed by atoms with Crippen molar-refractivity contribution in [2.75, 3.05) is 5.32 Å². The van der Waals surface area contributed by atoms with Crippen LogP contribution in [0.4, 0.5) is 5.82 Å². The van der Waals surface area contributed by atoms with Crippen LogP contribution in [0.1, 0.15) is 23.0 Å². The molecule has 2 heterocycles. The molecule has 3 aromatic rings. The zero-order valence-electron chi connectivity index (χ0n) is 10.9. The van der Waals surface area contributed by atoms with Gasteiger partial charge >= 0.3 is 0 Å². The van der Waals surface area contributed by atoms with E-state index < -0.39 is 0 Å². The molecule has 3 rings (SSSR count). The Hall–Kier alpha value is -2.76. The van der Waals surface area contributed by atoms with Crippen LogP contribution in [0.3, 0.4) is 0 Å². The number of para-hydroxylation sites is 2. The maximum absolute atomic E-state index is 12.2. The maximum Gasteiger partial charge on any atom is 0.277 e. The normalized spacial score (nSPS) is 10.7. The molecule has 6 heteroatoms. The number of anilines is 1. The van der Waals surface area contributed by atoms with Gasteiger partial charge in [-0.05, 0) is 18.6 Å². The van der Waals surface area contributed by atoms with Crippen LogP contribution in [-0.4, -0.2) is 26.1 Å². The van der Waals surface area contributed by atoms with Crippen LogP contribution in [0, 0.1) is 0 Å². The number of nitrogens with zero attached hydrogens (tertiary/aromatic N) is 3. The van der Waals surface area contributed by atoms with Gasteiger partial charge in [0.15, 0.2) is 0 Å². The third kappa shape index (κ3) is 2.23. The van der Waals surface area contributed by atoms with E-state index in [4.69, 9.17) is 0 Å². The van der Waals surface area contributed by atoms with Gasteiger partial charge in [-0.2, -0.15) is 5.10 Å². The largest absolute Gasteiger partial charge is 0.305 e. The monoisotopic (exact) mass is 267 g/mol. The SMILES string of the molecule is CCc1cn[nH]c1NC(=O)c1cnc2ccccc2n1. The highest BCUT2D eigenvalue weighted by atomic mass is 16.2. The minimum atomic E-state index is -0.304. The van der Waals surface area contributed by atoms with Gasteiger partial charge in [0, 0.05) is 5.56 Å². The fourth-order valence-corrected chi connectivity index (χ4v) is 1.93. The molecule has 2 N–H and O–H groups in total. The molecule has 0 saturated heterocycles. The summed E-state index contributed by atoms with van der Waals surface area (Å²) in [6, 6.07) is 7.43. The zero-order valence-corrected chi connectivity index (χ0v) is 10.9. The molecule has 0 unspecified atom stereocenters. The Labute approximate surface area is 115 Å². The molecular weight excluding hydrogens is 254 g/mol. The number of nitrogens with one attached hydrogen (secondary N) is 2. The molecule has 0 aliphatic carbocycles. The summed E-state index contributed by atoms with van der Waals surface area (Å²) in [6.45, 7) is 2.00. The highest BCUT2D eigenvalue weighted by Crippen LogP contribution is 2.13. The van der Waals surface area contributed by atoms with E-state index in [1.807, 2.05) is 31.2 Å². The van der Waals surface area contributed by atoms with Crippen molar-refractivity contribution in [1.82, 2.24) is 20.2 Å². The van der Waals surface area contributed by atoms with E-state index in [1.54, 1.807) is 6.20 Å². The molecule has 2 aromatic heterocycles. The number of H-pyrrole nitrogens is 1. The Balaban J connectivity index is 1.89. The average Bonchev–Trinajstić information content (AvgIpc) is 2.94. The maximum atomic E-state index is 12.2. The number of aromatic amines is 1. The lowest BCUT2D eigenvalue weighted by Gasteiger charge is -2.04. The van der Waals surface area contributed by atoms with E-state index >= 15 is 0 Å². The van der Waals surface area contributed by atoms with Gasteiger partial charge in [0.25, 0.3) is 5.91 Å². The molecule has 6 nitrogen and oxygen atoms in total. The minimum absolute atomic E-state index is 0.278. The van der Waals surface area contributed by atoms with Gasteiger partial charge in [-0.25, -0.2) is 4.98 Å². The predicted octanol–water partition coefficient (Wildman–Crippen LogP) is 2.17. The van der Waals surface area contributed by atoms with E-state index in [0.717, 1.165) is 17.5 Å². The standard InChI is InChI=1S/C14H13N5O/c1-2-9-7-16-19-13(9)18-14(20)12-8-15-10-5-3-4-6-11(10)17-12/h3-8H,2H2,1H3,(H2,16,18,19,20). The molecule has 0 aliphatic heterocycles. The van der Waals surface area contributed by atoms with Crippen LogP contribution in [0.5, 0.6) is 0 Å². The molecule has 0 atom stereocenters. The van der Waals surface area contributed by atoms with Crippen LogP contribution in [-0.2, 0) is 6.42 Å². The topological polar surface area (TPSA) is 83.6 Å². The molecule has 1 aromatic carbocycles. The van der Waals surface area contributed by atoms with E-state index in [-0.39, 0.29) is 11.6 Å². The van der Waals surface area contributed by atoms with Gasteiger partial charge in [-0.1, -0.05) is 19.1 Å². The Kier molecular flexibility index (Phi) is 3.12. The number of aromatic nitrogens is 4. The van der Waals surface area contributed by atoms with E-state index in [1.165, 1.54) is 6.20 Å². The van der Waals surface area contributed by atoms with Crippen molar-refractivity contribution in [2.45, 2.75) is 13.3 Å². The molecule has 0 saturated carbocycles. The molecule has 20 heavy (non-hydrogen) atoms. The minimum Gasteiger partial charge on any atom is -0.305 e. The van der Waals surface area contributed by atoms with Crippen LogP contribution < -0.4 is 5.32 Å². The van der Waals surface area contributed by atoms with E-state index in [0.29, 0.717) is 11.3 Å². The number of fused-ring (bicyclic) bond motifs is 1. The quantitative estimate of drug-likeness (QED) is 0.761. The second-order valence-electron chi connectivity index (χ2n) is 4.32. The lowest BCUT2D eigenvalue weighted by molar-refractivity contribution is 0.102. The van der Waals surface area contributed by atoms with E-state index in [9.17, 15) is 4.79 Å². The number of aryl methyl sites for hydroxylation is 1. The number of hydrogen-bond donors (Lipinski definition) is 2. The molecule has 100 valence electrons. The first-order valence-electron chi connectivity index (χ1n) is 6.33. The Morgan fingerprint density at radius 2 is 2.05 bits per heavy atom. The first-order valence-corrected chi connectivity index (χ1v) is 6.33. The van der Waals surface area contributed by atoms with Crippen LogP contribution in [0.2, 0.25) is 0 Å². The third-order valence-corrected chi connectivity index (χ3v) is 3.02. The molecule has 1 amide bonds. The zero-order chi connectivity index (χ0) is 13.9. The van der Waals surface area contributed by atoms with Gasteiger partial charge in [0.2, 0.25) is 0 Å². The highest BCUT2D eigenvalue weighted by Gasteiger charge is 2.12. The summed E-state index contributed by atoms with van der Waals surface area (Å²) in [6.07, 6.45) is 3.96. The summed E-state index contributed by atoms with van der Waals surface area (Å²) in [5.74, 6) is 0.301. The molecule has 0 bridgehead atoms. The average molecular weight is 267 g/mol. The number of hydrogen-bond acceptors (Lipinski definition) is 4. The number of rotatable bonds is 3. The molecular formula is C14H13N5O. The van der Waals surface area contributed by atoms with Gasteiger partial charge in [-0.3, -0.25) is 14.9 Å². The van der Waals surface area contributed by atoms with Gasteiger partial charge in [0.05, 0.1) is 23.4 Å². The Morgan fingerprint density at radius 3 is 2.85 bits per heavy atom. The van der Waals surface area contributed by atoms with Crippen LogP contribution in [0.25, 0.3) is 11.0 Å². The summed E-state index contributed by atoms with van der Waals surface area (Å²) >= 11 is 0. The number of carbonyl (C=O) groups is 1. The van der Waals surface area contributed by atoms with Crippen LogP contribution in [0.15, 0.2) is 36.7 Å². The third-order valence-electron chi connectivity index (χ3n) is 3.02. The second-order valence-corrected chi connectivity index (χ2v) is 4.32. The Morgan fingerprint density at radius 1 is 1.25 bits per heavy atom. The summed E-state index contributed by atoms with van der Waals surface area (Å²) in [5, 5.41) is 9.44. The first-order chi connectivity index (χ1) is 9.78. The smallest absolute Gasteiger partial charge is 0.277 e. The highest BCUT2D eigenvalue weighted by molar-refractivity contribution is 6.03. The van der Waals surface area contributed by atoms with Crippen molar-refractivity contribution in [2.24, 2.45) is 0 Å². The molecule has 0 spiro atoms. The first kappa shape index (κ1) is 12.3. The lowest BCUT2D eigenvalue weighted by Crippen LogP contribution is -2.15.